The zero-order valence-electron chi connectivity index (χ0n) is 16.0. The molecular weight excluding hydrogens is 356 g/mol. The average molecular weight is 382 g/mol. The van der Waals surface area contributed by atoms with Crippen molar-refractivity contribution in [2.24, 2.45) is 14.1 Å². The molecule has 1 N–H and O–H groups in total. The van der Waals surface area contributed by atoms with Crippen LogP contribution < -0.4 is 11.0 Å². The van der Waals surface area contributed by atoms with E-state index in [0.717, 1.165) is 4.31 Å². The van der Waals surface area contributed by atoms with Crippen LogP contribution in [0.15, 0.2) is 27.9 Å². The van der Waals surface area contributed by atoms with Gasteiger partial charge >= 0.3 is 5.69 Å². The van der Waals surface area contributed by atoms with E-state index >= 15 is 0 Å². The molecule has 0 saturated heterocycles. The summed E-state index contributed by atoms with van der Waals surface area (Å²) in [6.07, 6.45) is 0. The lowest BCUT2D eigenvalue weighted by Gasteiger charge is -2.24. The molecule has 2 aromatic rings. The van der Waals surface area contributed by atoms with Gasteiger partial charge in [-0.15, -0.1) is 0 Å². The lowest BCUT2D eigenvalue weighted by atomic mass is 10.1. The minimum Gasteiger partial charge on any atom is -0.350 e. The number of hydrogen-bond donors (Lipinski definition) is 1. The quantitative estimate of drug-likeness (QED) is 0.828. The van der Waals surface area contributed by atoms with Crippen molar-refractivity contribution in [2.45, 2.75) is 38.1 Å². The van der Waals surface area contributed by atoms with Crippen molar-refractivity contribution in [1.29, 1.82) is 0 Å². The Morgan fingerprint density at radius 3 is 2.27 bits per heavy atom. The van der Waals surface area contributed by atoms with Crippen molar-refractivity contribution in [2.75, 3.05) is 13.1 Å². The third-order valence-corrected chi connectivity index (χ3v) is 5.99. The van der Waals surface area contributed by atoms with E-state index in [1.165, 1.54) is 21.3 Å². The maximum atomic E-state index is 13.0. The highest BCUT2D eigenvalue weighted by atomic mass is 32.2. The van der Waals surface area contributed by atoms with Gasteiger partial charge < -0.3 is 5.32 Å². The van der Waals surface area contributed by atoms with Gasteiger partial charge in [0.2, 0.25) is 15.9 Å². The van der Waals surface area contributed by atoms with Crippen molar-refractivity contribution in [3.63, 3.8) is 0 Å². The van der Waals surface area contributed by atoms with Crippen molar-refractivity contribution >= 4 is 27.0 Å². The first kappa shape index (κ1) is 20.2. The Bertz CT molecular complexity index is 996. The molecule has 2 rings (SSSR count). The first-order valence-electron chi connectivity index (χ1n) is 8.35. The number of benzene rings is 1. The molecule has 0 saturated carbocycles. The third kappa shape index (κ3) is 3.83. The van der Waals surface area contributed by atoms with Crippen LogP contribution in [0.2, 0.25) is 0 Å². The summed E-state index contributed by atoms with van der Waals surface area (Å²) in [5.74, 6) is -0.365. The molecule has 0 aliphatic carbocycles. The Morgan fingerprint density at radius 2 is 1.73 bits per heavy atom. The van der Waals surface area contributed by atoms with Gasteiger partial charge in [0.1, 0.15) is 0 Å². The van der Waals surface area contributed by atoms with Crippen LogP contribution in [-0.4, -0.2) is 46.4 Å². The highest BCUT2D eigenvalue weighted by molar-refractivity contribution is 7.89. The minimum absolute atomic E-state index is 0.0524. The van der Waals surface area contributed by atoms with Gasteiger partial charge in [0, 0.05) is 26.2 Å². The number of likely N-dealkylation sites (N-methyl/N-ethyl adjacent to an activating group) is 1. The number of nitrogens with one attached hydrogen (secondary N) is 1. The largest absolute Gasteiger partial charge is 0.350 e. The zero-order chi connectivity index (χ0) is 19.9. The molecule has 0 atom stereocenters. The van der Waals surface area contributed by atoms with Crippen LogP contribution in [0.5, 0.6) is 0 Å². The molecular formula is C17H26N4O4S. The van der Waals surface area contributed by atoms with Crippen LogP contribution in [0, 0.1) is 0 Å². The Hall–Kier alpha value is -2.13. The summed E-state index contributed by atoms with van der Waals surface area (Å²) >= 11 is 0. The van der Waals surface area contributed by atoms with Crippen LogP contribution in [0.25, 0.3) is 11.0 Å². The monoisotopic (exact) mass is 382 g/mol. The number of imidazole rings is 1. The number of aryl methyl sites for hydroxylation is 2. The van der Waals surface area contributed by atoms with E-state index in [1.807, 2.05) is 20.8 Å². The third-order valence-electron chi connectivity index (χ3n) is 4.07. The molecule has 144 valence electrons. The van der Waals surface area contributed by atoms with Gasteiger partial charge in [-0.05, 0) is 39.0 Å². The molecule has 26 heavy (non-hydrogen) atoms. The minimum atomic E-state index is -3.87. The second kappa shape index (κ2) is 6.88. The van der Waals surface area contributed by atoms with Crippen LogP contribution in [0.4, 0.5) is 0 Å². The van der Waals surface area contributed by atoms with Crippen LogP contribution >= 0.6 is 0 Å². The molecule has 0 spiro atoms. The molecule has 8 nitrogen and oxygen atoms in total. The summed E-state index contributed by atoms with van der Waals surface area (Å²) in [6.45, 7) is 7.07. The lowest BCUT2D eigenvalue weighted by Crippen LogP contribution is -2.47. The van der Waals surface area contributed by atoms with Gasteiger partial charge in [0.25, 0.3) is 0 Å². The van der Waals surface area contributed by atoms with E-state index in [4.69, 9.17) is 0 Å². The highest BCUT2D eigenvalue weighted by Gasteiger charge is 2.27. The maximum Gasteiger partial charge on any atom is 0.328 e. The van der Waals surface area contributed by atoms with E-state index < -0.39 is 15.6 Å². The predicted molar refractivity (Wildman–Crippen MR) is 100 cm³/mol. The van der Waals surface area contributed by atoms with Gasteiger partial charge in [-0.1, -0.05) is 6.92 Å². The van der Waals surface area contributed by atoms with Gasteiger partial charge in [-0.3, -0.25) is 13.9 Å². The number of nitrogens with zero attached hydrogens (tertiary/aromatic N) is 3. The van der Waals surface area contributed by atoms with E-state index in [9.17, 15) is 18.0 Å². The summed E-state index contributed by atoms with van der Waals surface area (Å²) < 4.78 is 29.9. The van der Waals surface area contributed by atoms with Gasteiger partial charge in [-0.25, -0.2) is 13.2 Å². The number of rotatable bonds is 5. The summed E-state index contributed by atoms with van der Waals surface area (Å²) in [6, 6.07) is 4.53. The smallest absolute Gasteiger partial charge is 0.328 e. The number of carbonyl (C=O) groups is 1. The van der Waals surface area contributed by atoms with Crippen LogP contribution in [0.3, 0.4) is 0 Å². The molecule has 0 unspecified atom stereocenters. The summed E-state index contributed by atoms with van der Waals surface area (Å²) in [4.78, 5) is 24.2. The van der Waals surface area contributed by atoms with Crippen LogP contribution in [0.1, 0.15) is 27.7 Å². The molecule has 1 aromatic heterocycles. The molecule has 0 radical (unpaired) electrons. The molecule has 0 bridgehead atoms. The Kier molecular flexibility index (Phi) is 5.34. The molecule has 1 heterocycles. The fourth-order valence-corrected chi connectivity index (χ4v) is 4.21. The number of carbonyl (C=O) groups excluding carboxylic acids is 1. The molecule has 9 heteroatoms. The fourth-order valence-electron chi connectivity index (χ4n) is 2.78. The second-order valence-electron chi connectivity index (χ2n) is 7.28. The van der Waals surface area contributed by atoms with E-state index in [0.29, 0.717) is 11.0 Å². The number of sulfonamides is 1. The number of amides is 1. The van der Waals surface area contributed by atoms with Crippen molar-refractivity contribution < 1.29 is 13.2 Å². The van der Waals surface area contributed by atoms with Gasteiger partial charge in [0.05, 0.1) is 22.5 Å². The lowest BCUT2D eigenvalue weighted by molar-refractivity contribution is -0.122. The second-order valence-corrected chi connectivity index (χ2v) is 9.22. The molecule has 1 amide bonds. The number of aromatic nitrogens is 2. The van der Waals surface area contributed by atoms with E-state index in [2.05, 4.69) is 5.32 Å². The summed E-state index contributed by atoms with van der Waals surface area (Å²) in [7, 11) is -0.640. The number of hydrogen-bond acceptors (Lipinski definition) is 4. The topological polar surface area (TPSA) is 93.4 Å². The Labute approximate surface area is 153 Å². The van der Waals surface area contributed by atoms with E-state index in [1.54, 1.807) is 27.1 Å². The summed E-state index contributed by atoms with van der Waals surface area (Å²) in [5, 5.41) is 2.76. The maximum absolute atomic E-state index is 13.0. The molecule has 0 aliphatic heterocycles. The highest BCUT2D eigenvalue weighted by Crippen LogP contribution is 2.21. The van der Waals surface area contributed by atoms with E-state index in [-0.39, 0.29) is 29.6 Å². The normalized spacial score (nSPS) is 12.7. The first-order valence-corrected chi connectivity index (χ1v) is 9.79. The average Bonchev–Trinajstić information content (AvgIpc) is 2.75. The predicted octanol–water partition coefficient (Wildman–Crippen LogP) is 0.802. The van der Waals surface area contributed by atoms with Crippen molar-refractivity contribution in [3.8, 4) is 0 Å². The SMILES string of the molecule is CCN(CC(=O)NC(C)(C)C)S(=O)(=O)c1ccc2c(c1)n(C)c(=O)n2C. The fraction of sp³-hybridized carbons (Fsp3) is 0.529. The zero-order valence-corrected chi connectivity index (χ0v) is 16.8. The molecule has 0 fully saturated rings. The molecule has 1 aromatic carbocycles. The van der Waals surface area contributed by atoms with Gasteiger partial charge in [-0.2, -0.15) is 4.31 Å². The van der Waals surface area contributed by atoms with Crippen molar-refractivity contribution in [3.05, 3.63) is 28.7 Å². The summed E-state index contributed by atoms with van der Waals surface area (Å²) in [5.41, 5.74) is 0.492. The van der Waals surface area contributed by atoms with Gasteiger partial charge in [0.15, 0.2) is 0 Å². The molecule has 0 aliphatic rings. The Morgan fingerprint density at radius 1 is 1.15 bits per heavy atom. The number of fused-ring (bicyclic) bond motifs is 1. The van der Waals surface area contributed by atoms with Crippen molar-refractivity contribution in [1.82, 2.24) is 18.8 Å². The standard InChI is InChI=1S/C17H26N4O4S/c1-7-21(11-15(22)18-17(2,3)4)26(24,25)12-8-9-13-14(10-12)20(6)16(23)19(13)5/h8-10H,7,11H2,1-6H3,(H,18,22). The Balaban J connectivity index is 2.41. The first-order chi connectivity index (χ1) is 11.9. The van der Waals surface area contributed by atoms with Crippen LogP contribution in [-0.2, 0) is 28.9 Å².